The van der Waals surface area contributed by atoms with Crippen LogP contribution in [-0.4, -0.2) is 24.6 Å². The number of nitrogens with zero attached hydrogens (tertiary/aromatic N) is 1. The van der Waals surface area contributed by atoms with Crippen molar-refractivity contribution in [2.45, 2.75) is 6.92 Å². The number of hydrazone groups is 1. The Balaban J connectivity index is 1.96. The summed E-state index contributed by atoms with van der Waals surface area (Å²) in [5.41, 5.74) is 4.00. The van der Waals surface area contributed by atoms with Gasteiger partial charge in [0.2, 0.25) is 0 Å². The molecule has 0 aliphatic heterocycles. The number of methoxy groups -OCH3 is 1. The molecule has 0 fully saturated rings. The molecule has 124 valence electrons. The Bertz CT molecular complexity index is 773. The third-order valence-electron chi connectivity index (χ3n) is 3.12. The zero-order valence-electron chi connectivity index (χ0n) is 13.2. The molecule has 0 aromatic heterocycles. The molecule has 0 radical (unpaired) electrons. The van der Waals surface area contributed by atoms with E-state index in [2.05, 4.69) is 15.8 Å². The highest BCUT2D eigenvalue weighted by atomic mass is 35.5. The summed E-state index contributed by atoms with van der Waals surface area (Å²) in [4.78, 5) is 23.6. The molecule has 0 aliphatic rings. The first kappa shape index (κ1) is 17.5. The van der Waals surface area contributed by atoms with Crippen LogP contribution in [0.25, 0.3) is 0 Å². The Morgan fingerprint density at radius 3 is 2.42 bits per heavy atom. The molecule has 7 heteroatoms. The first-order valence-corrected chi connectivity index (χ1v) is 7.43. The summed E-state index contributed by atoms with van der Waals surface area (Å²) in [6.07, 6.45) is 0. The van der Waals surface area contributed by atoms with Crippen LogP contribution in [0, 0.1) is 0 Å². The van der Waals surface area contributed by atoms with E-state index in [1.54, 1.807) is 62.6 Å². The van der Waals surface area contributed by atoms with Gasteiger partial charge in [-0.15, -0.1) is 0 Å². The molecule has 0 saturated heterocycles. The van der Waals surface area contributed by atoms with E-state index in [0.29, 0.717) is 16.4 Å². The van der Waals surface area contributed by atoms with E-state index >= 15 is 0 Å². The summed E-state index contributed by atoms with van der Waals surface area (Å²) in [7, 11) is 1.58. The zero-order valence-corrected chi connectivity index (χ0v) is 13.9. The van der Waals surface area contributed by atoms with E-state index in [4.69, 9.17) is 16.3 Å². The molecule has 2 rings (SSSR count). The summed E-state index contributed by atoms with van der Waals surface area (Å²) in [5, 5.41) is 6.82. The van der Waals surface area contributed by atoms with Gasteiger partial charge >= 0.3 is 11.8 Å². The summed E-state index contributed by atoms with van der Waals surface area (Å²) >= 11 is 5.82. The van der Waals surface area contributed by atoms with Crippen molar-refractivity contribution in [3.05, 3.63) is 59.1 Å². The van der Waals surface area contributed by atoms with Crippen LogP contribution in [0.1, 0.15) is 12.5 Å². The molecule has 0 aliphatic carbocycles. The van der Waals surface area contributed by atoms with Gasteiger partial charge in [-0.3, -0.25) is 9.59 Å². The molecule has 2 aromatic carbocycles. The lowest BCUT2D eigenvalue weighted by Gasteiger charge is -2.06. The number of benzene rings is 2. The largest absolute Gasteiger partial charge is 0.497 e. The number of hydrogen-bond donors (Lipinski definition) is 2. The highest BCUT2D eigenvalue weighted by molar-refractivity contribution is 6.39. The van der Waals surface area contributed by atoms with E-state index in [0.717, 1.165) is 11.3 Å². The van der Waals surface area contributed by atoms with E-state index in [1.807, 2.05) is 0 Å². The Morgan fingerprint density at radius 1 is 1.08 bits per heavy atom. The average molecular weight is 346 g/mol. The van der Waals surface area contributed by atoms with E-state index in [9.17, 15) is 9.59 Å². The number of carbonyl (C=O) groups excluding carboxylic acids is 2. The van der Waals surface area contributed by atoms with E-state index in [1.165, 1.54) is 0 Å². The number of rotatable bonds is 4. The maximum atomic E-state index is 11.8. The smallest absolute Gasteiger partial charge is 0.329 e. The predicted molar refractivity (Wildman–Crippen MR) is 93.4 cm³/mol. The maximum Gasteiger partial charge on any atom is 0.329 e. The van der Waals surface area contributed by atoms with Gasteiger partial charge in [-0.2, -0.15) is 5.10 Å². The average Bonchev–Trinajstić information content (AvgIpc) is 2.59. The van der Waals surface area contributed by atoms with Crippen LogP contribution in [0.5, 0.6) is 5.75 Å². The SMILES string of the molecule is COc1ccc(/C(C)=N/NC(=O)C(=O)Nc2cccc(Cl)c2)cc1. The minimum absolute atomic E-state index is 0.429. The lowest BCUT2D eigenvalue weighted by molar-refractivity contribution is -0.136. The highest BCUT2D eigenvalue weighted by Gasteiger charge is 2.13. The normalized spacial score (nSPS) is 10.9. The van der Waals surface area contributed by atoms with Crippen molar-refractivity contribution in [2.24, 2.45) is 5.10 Å². The van der Waals surface area contributed by atoms with Gasteiger partial charge in [0.05, 0.1) is 12.8 Å². The van der Waals surface area contributed by atoms with Crippen molar-refractivity contribution in [1.82, 2.24) is 5.43 Å². The van der Waals surface area contributed by atoms with Crippen molar-refractivity contribution < 1.29 is 14.3 Å². The predicted octanol–water partition coefficient (Wildman–Crippen LogP) is 2.83. The van der Waals surface area contributed by atoms with E-state index in [-0.39, 0.29) is 0 Å². The Hall–Kier alpha value is -2.86. The van der Waals surface area contributed by atoms with Gasteiger partial charge in [0.1, 0.15) is 5.75 Å². The minimum atomic E-state index is -0.872. The summed E-state index contributed by atoms with van der Waals surface area (Å²) < 4.78 is 5.07. The summed E-state index contributed by atoms with van der Waals surface area (Å²) in [5.74, 6) is -0.983. The number of carbonyl (C=O) groups is 2. The van der Waals surface area contributed by atoms with Crippen LogP contribution >= 0.6 is 11.6 Å². The molecular weight excluding hydrogens is 330 g/mol. The van der Waals surface area contributed by atoms with Crippen molar-refractivity contribution in [2.75, 3.05) is 12.4 Å². The number of ether oxygens (including phenoxy) is 1. The Kier molecular flexibility index (Phi) is 5.92. The van der Waals surface area contributed by atoms with Crippen LogP contribution in [-0.2, 0) is 9.59 Å². The molecule has 0 spiro atoms. The van der Waals surface area contributed by atoms with Gasteiger partial charge in [-0.25, -0.2) is 5.43 Å². The van der Waals surface area contributed by atoms with Gasteiger partial charge in [0.15, 0.2) is 0 Å². The molecule has 0 atom stereocenters. The molecule has 0 heterocycles. The summed E-state index contributed by atoms with van der Waals surface area (Å²) in [6, 6.07) is 13.7. The van der Waals surface area contributed by atoms with Crippen LogP contribution in [0.15, 0.2) is 53.6 Å². The van der Waals surface area contributed by atoms with Gasteiger partial charge in [-0.1, -0.05) is 17.7 Å². The molecule has 24 heavy (non-hydrogen) atoms. The fourth-order valence-corrected chi connectivity index (χ4v) is 2.03. The summed E-state index contributed by atoms with van der Waals surface area (Å²) in [6.45, 7) is 1.72. The maximum absolute atomic E-state index is 11.8. The first-order chi connectivity index (χ1) is 11.5. The third kappa shape index (κ3) is 4.82. The fraction of sp³-hybridized carbons (Fsp3) is 0.118. The second kappa shape index (κ2) is 8.12. The molecule has 2 N–H and O–H groups in total. The molecule has 2 amide bonds. The minimum Gasteiger partial charge on any atom is -0.497 e. The molecule has 0 saturated carbocycles. The number of halogens is 1. The van der Waals surface area contributed by atoms with Crippen LogP contribution < -0.4 is 15.5 Å². The van der Waals surface area contributed by atoms with Crippen LogP contribution in [0.2, 0.25) is 5.02 Å². The second-order valence-electron chi connectivity index (χ2n) is 4.83. The van der Waals surface area contributed by atoms with Gasteiger partial charge in [-0.05, 0) is 55.0 Å². The van der Waals surface area contributed by atoms with Gasteiger partial charge < -0.3 is 10.1 Å². The van der Waals surface area contributed by atoms with Crippen molar-refractivity contribution >= 4 is 34.8 Å². The third-order valence-corrected chi connectivity index (χ3v) is 3.36. The van der Waals surface area contributed by atoms with Crippen molar-refractivity contribution in [3.8, 4) is 5.75 Å². The molecular formula is C17H16ClN3O3. The first-order valence-electron chi connectivity index (χ1n) is 7.05. The van der Waals surface area contributed by atoms with Crippen LogP contribution in [0.3, 0.4) is 0 Å². The second-order valence-corrected chi connectivity index (χ2v) is 5.27. The van der Waals surface area contributed by atoms with Crippen LogP contribution in [0.4, 0.5) is 5.69 Å². The topological polar surface area (TPSA) is 79.8 Å². The van der Waals surface area contributed by atoms with Gasteiger partial charge in [0, 0.05) is 10.7 Å². The van der Waals surface area contributed by atoms with Crippen molar-refractivity contribution in [3.63, 3.8) is 0 Å². The lowest BCUT2D eigenvalue weighted by Crippen LogP contribution is -2.32. The molecule has 0 unspecified atom stereocenters. The quantitative estimate of drug-likeness (QED) is 0.508. The standard InChI is InChI=1S/C17H16ClN3O3/c1-11(12-6-8-15(24-2)9-7-12)20-21-17(23)16(22)19-14-5-3-4-13(18)10-14/h3-10H,1-2H3,(H,19,22)(H,21,23)/b20-11+. The Labute approximate surface area is 144 Å². The number of amides is 2. The molecule has 0 bridgehead atoms. The number of anilines is 1. The molecule has 2 aromatic rings. The van der Waals surface area contributed by atoms with Crippen molar-refractivity contribution in [1.29, 1.82) is 0 Å². The highest BCUT2D eigenvalue weighted by Crippen LogP contribution is 2.14. The molecule has 6 nitrogen and oxygen atoms in total. The fourth-order valence-electron chi connectivity index (χ4n) is 1.84. The lowest BCUT2D eigenvalue weighted by atomic mass is 10.1. The monoisotopic (exact) mass is 345 g/mol. The van der Waals surface area contributed by atoms with E-state index < -0.39 is 11.8 Å². The number of hydrogen-bond acceptors (Lipinski definition) is 4. The Morgan fingerprint density at radius 2 is 1.79 bits per heavy atom. The van der Waals surface area contributed by atoms with Gasteiger partial charge in [0.25, 0.3) is 0 Å². The zero-order chi connectivity index (χ0) is 17.5. The number of nitrogens with one attached hydrogen (secondary N) is 2.